The third-order valence-corrected chi connectivity index (χ3v) is 3.33. The summed E-state index contributed by atoms with van der Waals surface area (Å²) in [6.07, 6.45) is 1.95. The van der Waals surface area contributed by atoms with Crippen LogP contribution in [0.25, 0.3) is 0 Å². The molecule has 0 aromatic heterocycles. The van der Waals surface area contributed by atoms with Crippen LogP contribution in [0, 0.1) is 0 Å². The average molecular weight is 321 g/mol. The van der Waals surface area contributed by atoms with Gasteiger partial charge in [-0.25, -0.2) is 13.1 Å². The van der Waals surface area contributed by atoms with Gasteiger partial charge in [-0.15, -0.1) is 0 Å². The number of benzene rings is 1. The van der Waals surface area contributed by atoms with E-state index >= 15 is 0 Å². The number of sulfonamides is 1. The summed E-state index contributed by atoms with van der Waals surface area (Å²) in [6, 6.07) is 8.08. The van der Waals surface area contributed by atoms with Crippen molar-refractivity contribution >= 4 is 26.0 Å². The fraction of sp³-hybridized carbons (Fsp3) is 0.455. The van der Waals surface area contributed by atoms with Crippen molar-refractivity contribution in [3.63, 3.8) is 0 Å². The van der Waals surface area contributed by atoms with Crippen molar-refractivity contribution in [2.45, 2.75) is 13.0 Å². The molecule has 0 radical (unpaired) electrons. The van der Waals surface area contributed by atoms with Gasteiger partial charge in [0.1, 0.15) is 0 Å². The summed E-state index contributed by atoms with van der Waals surface area (Å²) in [6.45, 7) is 2.05. The monoisotopic (exact) mass is 320 g/mol. The third kappa shape index (κ3) is 7.49. The van der Waals surface area contributed by atoms with Crippen LogP contribution < -0.4 is 10.0 Å². The minimum atomic E-state index is -3.05. The summed E-state index contributed by atoms with van der Waals surface area (Å²) in [5, 5.41) is 3.26. The highest BCUT2D eigenvalue weighted by Gasteiger charge is 1.98. The molecule has 1 aromatic carbocycles. The summed E-state index contributed by atoms with van der Waals surface area (Å²) in [4.78, 5) is 0. The zero-order valence-electron chi connectivity index (χ0n) is 9.74. The molecule has 0 aliphatic carbocycles. The summed E-state index contributed by atoms with van der Waals surface area (Å²) >= 11 is 3.41. The van der Waals surface area contributed by atoms with Gasteiger partial charge in [0.05, 0.1) is 6.26 Å². The van der Waals surface area contributed by atoms with E-state index in [1.165, 1.54) is 11.8 Å². The Morgan fingerprint density at radius 1 is 1.29 bits per heavy atom. The second-order valence-electron chi connectivity index (χ2n) is 3.83. The predicted octanol–water partition coefficient (Wildman–Crippen LogP) is 1.48. The molecular formula is C11H17BrN2O2S. The molecule has 2 N–H and O–H groups in total. The molecule has 0 heterocycles. The molecule has 6 heteroatoms. The molecule has 0 unspecified atom stereocenters. The Balaban J connectivity index is 2.13. The van der Waals surface area contributed by atoms with Crippen molar-refractivity contribution in [2.24, 2.45) is 0 Å². The lowest BCUT2D eigenvalue weighted by atomic mass is 10.2. The van der Waals surface area contributed by atoms with Gasteiger partial charge in [-0.05, 0) is 30.7 Å². The fourth-order valence-corrected chi connectivity index (χ4v) is 2.31. The molecular weight excluding hydrogens is 304 g/mol. The van der Waals surface area contributed by atoms with Crippen molar-refractivity contribution in [1.82, 2.24) is 10.0 Å². The number of rotatable bonds is 7. The zero-order valence-corrected chi connectivity index (χ0v) is 12.1. The Labute approximate surface area is 111 Å². The summed E-state index contributed by atoms with van der Waals surface area (Å²) < 4.78 is 25.1. The van der Waals surface area contributed by atoms with Gasteiger partial charge in [-0.1, -0.05) is 28.1 Å². The molecule has 1 rings (SSSR count). The largest absolute Gasteiger partial charge is 0.313 e. The quantitative estimate of drug-likeness (QED) is 0.748. The minimum absolute atomic E-state index is 0.477. The summed E-state index contributed by atoms with van der Waals surface area (Å²) in [5.41, 5.74) is 1.20. The van der Waals surface area contributed by atoms with Crippen LogP contribution in [0.4, 0.5) is 0 Å². The maximum absolute atomic E-state index is 10.8. The molecule has 0 saturated heterocycles. The second kappa shape index (κ2) is 7.10. The topological polar surface area (TPSA) is 58.2 Å². The smallest absolute Gasteiger partial charge is 0.208 e. The van der Waals surface area contributed by atoms with Crippen molar-refractivity contribution in [3.8, 4) is 0 Å². The molecule has 96 valence electrons. The number of hydrogen-bond donors (Lipinski definition) is 2. The summed E-state index contributed by atoms with van der Waals surface area (Å²) in [7, 11) is -3.05. The van der Waals surface area contributed by atoms with E-state index < -0.39 is 10.0 Å². The molecule has 0 aliphatic heterocycles. The lowest BCUT2D eigenvalue weighted by Gasteiger charge is -2.05. The van der Waals surface area contributed by atoms with Crippen LogP contribution in [-0.4, -0.2) is 27.8 Å². The van der Waals surface area contributed by atoms with Gasteiger partial charge in [0.2, 0.25) is 10.0 Å². The van der Waals surface area contributed by atoms with E-state index in [1.807, 2.05) is 18.2 Å². The van der Waals surface area contributed by atoms with Gasteiger partial charge < -0.3 is 5.32 Å². The first-order valence-corrected chi connectivity index (χ1v) is 8.05. The van der Waals surface area contributed by atoms with E-state index in [1.54, 1.807) is 0 Å². The van der Waals surface area contributed by atoms with Gasteiger partial charge in [0, 0.05) is 17.6 Å². The molecule has 0 saturated carbocycles. The summed E-state index contributed by atoms with van der Waals surface area (Å²) in [5.74, 6) is 0. The maximum Gasteiger partial charge on any atom is 0.208 e. The average Bonchev–Trinajstić information content (AvgIpc) is 2.22. The first kappa shape index (κ1) is 14.6. The highest BCUT2D eigenvalue weighted by molar-refractivity contribution is 9.10. The first-order chi connectivity index (χ1) is 7.97. The van der Waals surface area contributed by atoms with Crippen LogP contribution in [-0.2, 0) is 16.6 Å². The Bertz CT molecular complexity index is 449. The maximum atomic E-state index is 10.8. The normalized spacial score (nSPS) is 11.6. The van der Waals surface area contributed by atoms with Gasteiger partial charge >= 0.3 is 0 Å². The van der Waals surface area contributed by atoms with Crippen LogP contribution >= 0.6 is 15.9 Å². The van der Waals surface area contributed by atoms with Gasteiger partial charge in [0.15, 0.2) is 0 Å². The van der Waals surface area contributed by atoms with E-state index in [0.29, 0.717) is 6.54 Å². The number of hydrogen-bond acceptors (Lipinski definition) is 3. The van der Waals surface area contributed by atoms with Crippen LogP contribution in [0.5, 0.6) is 0 Å². The Morgan fingerprint density at radius 2 is 2.06 bits per heavy atom. The molecule has 0 aliphatic rings. The van der Waals surface area contributed by atoms with Gasteiger partial charge in [0.25, 0.3) is 0 Å². The molecule has 0 fully saturated rings. The van der Waals surface area contributed by atoms with Crippen LogP contribution in [0.15, 0.2) is 28.7 Å². The lowest BCUT2D eigenvalue weighted by molar-refractivity contribution is 0.579. The lowest BCUT2D eigenvalue weighted by Crippen LogP contribution is -2.26. The van der Waals surface area contributed by atoms with E-state index in [0.717, 1.165) is 24.0 Å². The van der Waals surface area contributed by atoms with Crippen LogP contribution in [0.1, 0.15) is 12.0 Å². The van der Waals surface area contributed by atoms with Gasteiger partial charge in [-0.2, -0.15) is 0 Å². The molecule has 4 nitrogen and oxygen atoms in total. The van der Waals surface area contributed by atoms with E-state index in [4.69, 9.17) is 0 Å². The minimum Gasteiger partial charge on any atom is -0.313 e. The van der Waals surface area contributed by atoms with Crippen molar-refractivity contribution in [1.29, 1.82) is 0 Å². The number of halogens is 1. The third-order valence-electron chi connectivity index (χ3n) is 2.11. The highest BCUT2D eigenvalue weighted by atomic mass is 79.9. The number of nitrogens with one attached hydrogen (secondary N) is 2. The Kier molecular flexibility index (Phi) is 6.11. The van der Waals surface area contributed by atoms with E-state index in [9.17, 15) is 8.42 Å². The van der Waals surface area contributed by atoms with E-state index in [2.05, 4.69) is 32.0 Å². The van der Waals surface area contributed by atoms with E-state index in [-0.39, 0.29) is 0 Å². The SMILES string of the molecule is CS(=O)(=O)NCCCNCc1cccc(Br)c1. The Morgan fingerprint density at radius 3 is 2.71 bits per heavy atom. The fourth-order valence-electron chi connectivity index (χ4n) is 1.35. The molecule has 0 amide bonds. The van der Waals surface area contributed by atoms with Gasteiger partial charge in [-0.3, -0.25) is 0 Å². The molecule has 0 atom stereocenters. The van der Waals surface area contributed by atoms with Crippen molar-refractivity contribution < 1.29 is 8.42 Å². The highest BCUT2D eigenvalue weighted by Crippen LogP contribution is 2.11. The molecule has 0 bridgehead atoms. The molecule has 17 heavy (non-hydrogen) atoms. The van der Waals surface area contributed by atoms with Crippen molar-refractivity contribution in [2.75, 3.05) is 19.3 Å². The molecule has 1 aromatic rings. The van der Waals surface area contributed by atoms with Crippen LogP contribution in [0.3, 0.4) is 0 Å². The van der Waals surface area contributed by atoms with Crippen molar-refractivity contribution in [3.05, 3.63) is 34.3 Å². The Hall–Kier alpha value is -0.430. The first-order valence-electron chi connectivity index (χ1n) is 5.37. The van der Waals surface area contributed by atoms with Crippen LogP contribution in [0.2, 0.25) is 0 Å². The molecule has 0 spiro atoms. The predicted molar refractivity (Wildman–Crippen MR) is 73.3 cm³/mol. The zero-order chi connectivity index (χ0) is 12.7. The standard InChI is InChI=1S/C11H17BrN2O2S/c1-17(15,16)14-7-3-6-13-9-10-4-2-5-11(12)8-10/h2,4-5,8,13-14H,3,6-7,9H2,1H3. The second-order valence-corrected chi connectivity index (χ2v) is 6.58.